The number of hydrogen-bond donors (Lipinski definition) is 2. The van der Waals surface area contributed by atoms with Gasteiger partial charge in [0.25, 0.3) is 5.91 Å². The van der Waals surface area contributed by atoms with Crippen LogP contribution < -0.4 is 10.2 Å². The van der Waals surface area contributed by atoms with Gasteiger partial charge in [0.2, 0.25) is 6.29 Å². The van der Waals surface area contributed by atoms with Crippen molar-refractivity contribution in [1.29, 1.82) is 0 Å². The van der Waals surface area contributed by atoms with Crippen molar-refractivity contribution < 1.29 is 14.4 Å². The Hall–Kier alpha value is -2.77. The average molecular weight is 394 g/mol. The lowest BCUT2D eigenvalue weighted by molar-refractivity contribution is -0.121. The Morgan fingerprint density at radius 3 is 2.57 bits per heavy atom. The second-order valence-electron chi connectivity index (χ2n) is 6.23. The Morgan fingerprint density at radius 1 is 1.14 bits per heavy atom. The van der Waals surface area contributed by atoms with Crippen molar-refractivity contribution in [2.24, 2.45) is 4.99 Å². The highest BCUT2D eigenvalue weighted by atomic mass is 32.1. The molecule has 0 spiro atoms. The Labute approximate surface area is 169 Å². The van der Waals surface area contributed by atoms with Gasteiger partial charge in [-0.25, -0.2) is 0 Å². The standard InChI is InChI=1S/C21H20N3O3S/c25-12-11-24-18-9-5-4-8-17(18)19(15-6-2-1-3-7-15)23-20(21(24)27)22-14-16(26)10-13-28/h1-9,20,22,28H,10-11,13-14H2. The first-order valence-electron chi connectivity index (χ1n) is 8.90. The summed E-state index contributed by atoms with van der Waals surface area (Å²) in [5.74, 6) is -0.0232. The fourth-order valence-corrected chi connectivity index (χ4v) is 3.29. The maximum Gasteiger partial charge on any atom is 0.267 e. The van der Waals surface area contributed by atoms with E-state index in [1.807, 2.05) is 42.5 Å². The van der Waals surface area contributed by atoms with E-state index in [1.165, 1.54) is 4.90 Å². The molecule has 0 saturated carbocycles. The van der Waals surface area contributed by atoms with Crippen LogP contribution in [0.15, 0.2) is 59.6 Å². The summed E-state index contributed by atoms with van der Waals surface area (Å²) in [7, 11) is 0. The van der Waals surface area contributed by atoms with Crippen LogP contribution in [0, 0.1) is 0 Å². The summed E-state index contributed by atoms with van der Waals surface area (Å²) < 4.78 is 0. The van der Waals surface area contributed by atoms with E-state index in [-0.39, 0.29) is 18.9 Å². The van der Waals surface area contributed by atoms with Gasteiger partial charge >= 0.3 is 0 Å². The summed E-state index contributed by atoms with van der Waals surface area (Å²) in [5.41, 5.74) is 2.79. The van der Waals surface area contributed by atoms with E-state index in [9.17, 15) is 14.4 Å². The molecule has 3 rings (SSSR count). The maximum atomic E-state index is 13.1. The first-order chi connectivity index (χ1) is 13.7. The molecule has 1 atom stereocenters. The Morgan fingerprint density at radius 2 is 1.86 bits per heavy atom. The van der Waals surface area contributed by atoms with Gasteiger partial charge in [-0.3, -0.25) is 24.7 Å². The summed E-state index contributed by atoms with van der Waals surface area (Å²) in [6.45, 7) is -0.215. The SMILES string of the molecule is O=[C]CN1C(=O)C(NCC(=O)CCS)N=C(c2ccccc2)c2ccccc21. The molecule has 1 amide bonds. The number of nitrogens with one attached hydrogen (secondary N) is 1. The first kappa shape index (κ1) is 20.0. The van der Waals surface area contributed by atoms with Gasteiger partial charge in [-0.2, -0.15) is 12.6 Å². The number of carbonyl (C=O) groups excluding carboxylic acids is 3. The third-order valence-corrected chi connectivity index (χ3v) is 4.58. The van der Waals surface area contributed by atoms with E-state index >= 15 is 0 Å². The molecule has 28 heavy (non-hydrogen) atoms. The molecule has 1 radical (unpaired) electrons. The molecule has 6 nitrogen and oxygen atoms in total. The quantitative estimate of drug-likeness (QED) is 0.669. The molecule has 2 aromatic carbocycles. The number of nitrogens with zero attached hydrogens (tertiary/aromatic N) is 2. The number of hydrogen-bond acceptors (Lipinski definition) is 6. The van der Waals surface area contributed by atoms with Crippen LogP contribution in [-0.2, 0) is 14.4 Å². The monoisotopic (exact) mass is 394 g/mol. The van der Waals surface area contributed by atoms with E-state index in [0.717, 1.165) is 11.1 Å². The second-order valence-corrected chi connectivity index (χ2v) is 6.67. The third kappa shape index (κ3) is 4.37. The molecular weight excluding hydrogens is 374 g/mol. The summed E-state index contributed by atoms with van der Waals surface area (Å²) in [4.78, 5) is 42.1. The van der Waals surface area contributed by atoms with Crippen molar-refractivity contribution in [3.63, 3.8) is 0 Å². The van der Waals surface area contributed by atoms with Crippen LogP contribution in [0.3, 0.4) is 0 Å². The van der Waals surface area contributed by atoms with Gasteiger partial charge in [-0.05, 0) is 11.8 Å². The van der Waals surface area contributed by atoms with Crippen molar-refractivity contribution >= 4 is 42.0 Å². The van der Waals surface area contributed by atoms with Crippen LogP contribution >= 0.6 is 12.6 Å². The molecule has 0 fully saturated rings. The number of anilines is 1. The number of ketones is 1. The van der Waals surface area contributed by atoms with Gasteiger partial charge in [0.1, 0.15) is 5.78 Å². The van der Waals surface area contributed by atoms with Gasteiger partial charge in [-0.15, -0.1) is 0 Å². The molecule has 1 unspecified atom stereocenters. The zero-order valence-corrected chi connectivity index (χ0v) is 16.1. The molecule has 7 heteroatoms. The van der Waals surface area contributed by atoms with Gasteiger partial charge in [-0.1, -0.05) is 48.5 Å². The van der Waals surface area contributed by atoms with Crippen molar-refractivity contribution in [2.75, 3.05) is 23.7 Å². The highest BCUT2D eigenvalue weighted by Gasteiger charge is 2.31. The smallest absolute Gasteiger partial charge is 0.267 e. The zero-order valence-electron chi connectivity index (χ0n) is 15.2. The number of carbonyl (C=O) groups is 2. The highest BCUT2D eigenvalue weighted by molar-refractivity contribution is 7.80. The summed E-state index contributed by atoms with van der Waals surface area (Å²) in [6.07, 6.45) is 1.11. The molecule has 1 aliphatic rings. The van der Waals surface area contributed by atoms with Crippen LogP contribution in [0.2, 0.25) is 0 Å². The minimum absolute atomic E-state index is 0.00246. The molecule has 1 heterocycles. The Balaban J connectivity index is 2.06. The largest absolute Gasteiger partial charge is 0.301 e. The molecule has 0 aromatic heterocycles. The number of fused-ring (bicyclic) bond motifs is 1. The number of amides is 1. The molecule has 2 aromatic rings. The predicted octanol–water partition coefficient (Wildman–Crippen LogP) is 1.78. The fourth-order valence-electron chi connectivity index (χ4n) is 3.04. The lowest BCUT2D eigenvalue weighted by atomic mass is 10.0. The Bertz CT molecular complexity index is 899. The topological polar surface area (TPSA) is 78.8 Å². The number of aliphatic imine (C=N–C) groups is 1. The van der Waals surface area contributed by atoms with Gasteiger partial charge < -0.3 is 4.90 Å². The van der Waals surface area contributed by atoms with Crippen LogP contribution in [0.4, 0.5) is 5.69 Å². The summed E-state index contributed by atoms with van der Waals surface area (Å²) in [6, 6.07) is 16.8. The number of rotatable bonds is 8. The van der Waals surface area contributed by atoms with Crippen LogP contribution in [-0.4, -0.2) is 48.7 Å². The molecular formula is C21H20N3O3S. The molecule has 1 aliphatic heterocycles. The Kier molecular flexibility index (Phi) is 6.73. The van der Waals surface area contributed by atoms with Crippen molar-refractivity contribution in [3.8, 4) is 0 Å². The molecule has 0 saturated heterocycles. The van der Waals surface area contributed by atoms with Crippen LogP contribution in [0.25, 0.3) is 0 Å². The van der Waals surface area contributed by atoms with E-state index < -0.39 is 12.1 Å². The van der Waals surface area contributed by atoms with Crippen molar-refractivity contribution in [3.05, 3.63) is 65.7 Å². The lowest BCUT2D eigenvalue weighted by Gasteiger charge is -2.23. The van der Waals surface area contributed by atoms with E-state index in [1.54, 1.807) is 18.4 Å². The van der Waals surface area contributed by atoms with Gasteiger partial charge in [0.05, 0.1) is 24.5 Å². The van der Waals surface area contributed by atoms with Crippen LogP contribution in [0.5, 0.6) is 0 Å². The molecule has 0 aliphatic carbocycles. The molecule has 0 bridgehead atoms. The number of Topliss-reactive ketones (excluding diaryl/α,β-unsaturated/α-hetero) is 1. The number of para-hydroxylation sites is 1. The molecule has 143 valence electrons. The summed E-state index contributed by atoms with van der Waals surface area (Å²) >= 11 is 4.06. The fraction of sp³-hybridized carbons (Fsp3) is 0.238. The van der Waals surface area contributed by atoms with E-state index in [2.05, 4.69) is 22.9 Å². The first-order valence-corrected chi connectivity index (χ1v) is 9.54. The second kappa shape index (κ2) is 9.43. The average Bonchev–Trinajstić information content (AvgIpc) is 2.83. The minimum Gasteiger partial charge on any atom is -0.301 e. The summed E-state index contributed by atoms with van der Waals surface area (Å²) in [5, 5.41) is 2.93. The highest BCUT2D eigenvalue weighted by Crippen LogP contribution is 2.27. The lowest BCUT2D eigenvalue weighted by Crippen LogP contribution is -2.47. The van der Waals surface area contributed by atoms with E-state index in [4.69, 9.17) is 0 Å². The third-order valence-electron chi connectivity index (χ3n) is 4.36. The normalized spacial score (nSPS) is 16.2. The maximum absolute atomic E-state index is 13.1. The molecule has 1 N–H and O–H groups in total. The van der Waals surface area contributed by atoms with Crippen LogP contribution in [0.1, 0.15) is 17.5 Å². The zero-order chi connectivity index (χ0) is 19.9. The van der Waals surface area contributed by atoms with Gasteiger partial charge in [0, 0.05) is 17.5 Å². The van der Waals surface area contributed by atoms with Crippen molar-refractivity contribution in [1.82, 2.24) is 5.32 Å². The van der Waals surface area contributed by atoms with E-state index in [0.29, 0.717) is 23.6 Å². The number of benzene rings is 2. The predicted molar refractivity (Wildman–Crippen MR) is 112 cm³/mol. The number of thiol groups is 1. The van der Waals surface area contributed by atoms with Gasteiger partial charge in [0.15, 0.2) is 6.17 Å². The number of benzodiazepines with no additional fused rings is 1. The van der Waals surface area contributed by atoms with Crippen molar-refractivity contribution in [2.45, 2.75) is 12.6 Å². The minimum atomic E-state index is -0.986.